The lowest BCUT2D eigenvalue weighted by Crippen LogP contribution is -2.66. The Balaban J connectivity index is 1.24. The molecule has 4 fully saturated rings. The van der Waals surface area contributed by atoms with Crippen molar-refractivity contribution in [2.75, 3.05) is 6.54 Å². The topological polar surface area (TPSA) is 163 Å². The number of hydrogen-bond donors (Lipinski definition) is 2. The number of hydrogen-bond acceptors (Lipinski definition) is 9. The quantitative estimate of drug-likeness (QED) is 0.239. The molecule has 2 aromatic rings. The SMILES string of the molecule is CC(C)C1=C2[C@H]3CC[C@@H]4[C@@]5(C)CC[C@H](OC(=O)CC(C)(C)C(=O)O)C(C)(C)C5CC[C@@]4(C)[C@]3(C)CC[C@@]2(c2nnc(-c3ncc(Cl)cn3)n2CCN)CC1=O. The predicted octanol–water partition coefficient (Wildman–Crippen LogP) is 7.99. The summed E-state index contributed by atoms with van der Waals surface area (Å²) in [5, 5.41) is 19.7. The molecule has 5 aliphatic rings. The fourth-order valence-corrected chi connectivity index (χ4v) is 13.4. The van der Waals surface area contributed by atoms with Gasteiger partial charge in [-0.1, -0.05) is 60.1 Å². The number of halogens is 1. The number of allylic oxidation sites excluding steroid dienone is 2. The first-order chi connectivity index (χ1) is 25.7. The molecular formula is C43H61ClN6O5. The number of ketones is 1. The zero-order valence-corrected chi connectivity index (χ0v) is 35.1. The second-order valence-corrected chi connectivity index (χ2v) is 20.4. The molecule has 0 bridgehead atoms. The molecule has 300 valence electrons. The largest absolute Gasteiger partial charge is 0.481 e. The summed E-state index contributed by atoms with van der Waals surface area (Å²) in [5.74, 6) is 1.69. The minimum Gasteiger partial charge on any atom is -0.481 e. The van der Waals surface area contributed by atoms with Crippen LogP contribution in [0.2, 0.25) is 5.02 Å². The second-order valence-electron chi connectivity index (χ2n) is 20.0. The van der Waals surface area contributed by atoms with Crippen molar-refractivity contribution in [2.24, 2.45) is 56.5 Å². The average Bonchev–Trinajstić information content (AvgIpc) is 3.65. The standard InChI is InChI=1S/C43H61ClN6O5/c1-24(2)32-27(51)20-43(36-49-48-35(50(36)19-18-45)34-46-22-25(44)23-47-34)17-16-41(8)26(33(32)43)10-11-29-40(7)14-13-30(55-31(52)21-38(3,4)37(53)54)39(5,6)28(40)12-15-42(29,41)9/h22-24,26,28-30H,10-21,45H2,1-9H3,(H,53,54)/t26-,28?,29-,30+,40+,41-,42-,43-/m1/s1. The van der Waals surface area contributed by atoms with Crippen LogP contribution < -0.4 is 5.73 Å². The first-order valence-corrected chi connectivity index (χ1v) is 20.9. The van der Waals surface area contributed by atoms with E-state index in [9.17, 15) is 19.5 Å². The number of rotatable bonds is 9. The first-order valence-electron chi connectivity index (χ1n) is 20.5. The van der Waals surface area contributed by atoms with Crippen molar-refractivity contribution >= 4 is 29.3 Å². The highest BCUT2D eigenvalue weighted by molar-refractivity contribution is 6.30. The maximum Gasteiger partial charge on any atom is 0.309 e. The van der Waals surface area contributed by atoms with Gasteiger partial charge in [-0.05, 0) is 116 Å². The van der Waals surface area contributed by atoms with Crippen molar-refractivity contribution in [1.82, 2.24) is 24.7 Å². The Labute approximate surface area is 331 Å². The Kier molecular flexibility index (Phi) is 9.79. The molecule has 0 radical (unpaired) electrons. The highest BCUT2D eigenvalue weighted by Gasteiger charge is 2.71. The molecule has 0 spiro atoms. The van der Waals surface area contributed by atoms with Gasteiger partial charge < -0.3 is 20.1 Å². The third-order valence-corrected chi connectivity index (χ3v) is 16.4. The van der Waals surface area contributed by atoms with Crippen molar-refractivity contribution in [2.45, 2.75) is 145 Å². The summed E-state index contributed by atoms with van der Waals surface area (Å²) in [4.78, 5) is 48.3. The molecule has 1 unspecified atom stereocenters. The van der Waals surface area contributed by atoms with Gasteiger partial charge in [-0.3, -0.25) is 14.4 Å². The summed E-state index contributed by atoms with van der Waals surface area (Å²) in [6, 6.07) is 0. The van der Waals surface area contributed by atoms with Crippen LogP contribution in [-0.2, 0) is 31.1 Å². The highest BCUT2D eigenvalue weighted by atomic mass is 35.5. The molecular weight excluding hydrogens is 716 g/mol. The van der Waals surface area contributed by atoms with Crippen molar-refractivity contribution in [3.05, 3.63) is 34.4 Å². The lowest BCUT2D eigenvalue weighted by Gasteiger charge is -2.72. The Morgan fingerprint density at radius 2 is 1.67 bits per heavy atom. The van der Waals surface area contributed by atoms with E-state index >= 15 is 0 Å². The lowest BCUT2D eigenvalue weighted by atomic mass is 9.33. The normalized spacial score (nSPS) is 35.5. The van der Waals surface area contributed by atoms with Gasteiger partial charge in [0.1, 0.15) is 11.9 Å². The van der Waals surface area contributed by atoms with Gasteiger partial charge in [0.05, 0.1) is 22.3 Å². The van der Waals surface area contributed by atoms with E-state index in [-0.39, 0.29) is 51.8 Å². The van der Waals surface area contributed by atoms with E-state index < -0.39 is 22.8 Å². The fraction of sp³-hybridized carbons (Fsp3) is 0.744. The minimum atomic E-state index is -1.18. The van der Waals surface area contributed by atoms with Crippen molar-refractivity contribution in [3.63, 3.8) is 0 Å². The van der Waals surface area contributed by atoms with Crippen molar-refractivity contribution in [1.29, 1.82) is 0 Å². The van der Waals surface area contributed by atoms with Crippen LogP contribution in [0.3, 0.4) is 0 Å². The number of aliphatic carboxylic acids is 1. The van der Waals surface area contributed by atoms with Gasteiger partial charge in [-0.15, -0.1) is 10.2 Å². The smallest absolute Gasteiger partial charge is 0.309 e. The Hall–Kier alpha value is -3.18. The summed E-state index contributed by atoms with van der Waals surface area (Å²) in [6.07, 6.45) is 10.8. The number of ether oxygens (including phenoxy) is 1. The summed E-state index contributed by atoms with van der Waals surface area (Å²) in [5.41, 5.74) is 6.51. The van der Waals surface area contributed by atoms with E-state index in [0.717, 1.165) is 62.8 Å². The van der Waals surface area contributed by atoms with Crippen LogP contribution in [0, 0.1) is 50.7 Å². The number of aromatic nitrogens is 5. The molecule has 7 rings (SSSR count). The molecule has 4 saturated carbocycles. The number of carbonyl (C=O) groups is 3. The molecule has 8 atom stereocenters. The summed E-state index contributed by atoms with van der Waals surface area (Å²) in [7, 11) is 0. The van der Waals surface area contributed by atoms with Gasteiger partial charge in [0, 0.05) is 37.3 Å². The molecule has 0 saturated heterocycles. The lowest BCUT2D eigenvalue weighted by molar-refractivity contribution is -0.232. The Morgan fingerprint density at radius 3 is 2.31 bits per heavy atom. The third kappa shape index (κ3) is 5.86. The molecule has 5 aliphatic carbocycles. The van der Waals surface area contributed by atoms with Gasteiger partial charge in [-0.25, -0.2) is 9.97 Å². The predicted molar refractivity (Wildman–Crippen MR) is 210 cm³/mol. The molecule has 0 amide bonds. The van der Waals surface area contributed by atoms with E-state index in [2.05, 4.69) is 68.1 Å². The van der Waals surface area contributed by atoms with Gasteiger partial charge in [0.25, 0.3) is 0 Å². The monoisotopic (exact) mass is 776 g/mol. The van der Waals surface area contributed by atoms with Crippen molar-refractivity contribution in [3.8, 4) is 11.6 Å². The number of nitrogens with two attached hydrogens (primary N) is 1. The molecule has 0 aromatic carbocycles. The zero-order chi connectivity index (χ0) is 40.1. The van der Waals surface area contributed by atoms with Crippen LogP contribution in [0.4, 0.5) is 0 Å². The van der Waals surface area contributed by atoms with E-state index in [1.165, 1.54) is 5.57 Å². The first kappa shape index (κ1) is 40.0. The van der Waals surface area contributed by atoms with E-state index in [1.807, 2.05) is 0 Å². The van der Waals surface area contributed by atoms with Gasteiger partial charge in [0.2, 0.25) is 5.82 Å². The van der Waals surface area contributed by atoms with Crippen LogP contribution in [0.25, 0.3) is 11.6 Å². The fourth-order valence-electron chi connectivity index (χ4n) is 13.3. The summed E-state index contributed by atoms with van der Waals surface area (Å²) >= 11 is 6.15. The molecule has 2 heterocycles. The molecule has 3 N–H and O–H groups in total. The van der Waals surface area contributed by atoms with Crippen LogP contribution in [0.5, 0.6) is 0 Å². The number of fused-ring (bicyclic) bond motifs is 7. The van der Waals surface area contributed by atoms with Crippen LogP contribution >= 0.6 is 11.6 Å². The zero-order valence-electron chi connectivity index (χ0n) is 34.3. The van der Waals surface area contributed by atoms with E-state index in [4.69, 9.17) is 27.2 Å². The summed E-state index contributed by atoms with van der Waals surface area (Å²) < 4.78 is 8.25. The third-order valence-electron chi connectivity index (χ3n) is 16.2. The maximum absolute atomic E-state index is 14.4. The Morgan fingerprint density at radius 1 is 0.982 bits per heavy atom. The number of carboxylic acid groups (broad SMARTS) is 1. The summed E-state index contributed by atoms with van der Waals surface area (Å²) in [6.45, 7) is 20.5. The number of carboxylic acids is 1. The molecule has 2 aromatic heterocycles. The van der Waals surface area contributed by atoms with Gasteiger partial charge >= 0.3 is 11.9 Å². The number of carbonyl (C=O) groups excluding carboxylic acids is 2. The van der Waals surface area contributed by atoms with Gasteiger partial charge in [-0.2, -0.15) is 0 Å². The highest BCUT2D eigenvalue weighted by Crippen LogP contribution is 2.76. The van der Waals surface area contributed by atoms with E-state index in [1.54, 1.807) is 26.2 Å². The maximum atomic E-state index is 14.4. The molecule has 0 aliphatic heterocycles. The molecule has 12 heteroatoms. The number of nitrogens with zero attached hydrogens (tertiary/aromatic N) is 5. The van der Waals surface area contributed by atoms with Crippen molar-refractivity contribution < 1.29 is 24.2 Å². The number of esters is 1. The molecule has 11 nitrogen and oxygen atoms in total. The van der Waals surface area contributed by atoms with Crippen LogP contribution in [-0.4, -0.2) is 60.2 Å². The average molecular weight is 777 g/mol. The second kappa shape index (κ2) is 13.5. The Bertz CT molecular complexity index is 1920. The van der Waals surface area contributed by atoms with E-state index in [0.29, 0.717) is 48.0 Å². The van der Waals surface area contributed by atoms with Crippen LogP contribution in [0.1, 0.15) is 132 Å². The molecule has 55 heavy (non-hydrogen) atoms. The van der Waals surface area contributed by atoms with Gasteiger partial charge in [0.15, 0.2) is 11.6 Å². The number of Topliss-reactive ketones (excluding diaryl/α,β-unsaturated/α-hetero) is 1. The van der Waals surface area contributed by atoms with Crippen LogP contribution in [0.15, 0.2) is 23.5 Å². The minimum absolute atomic E-state index is 0.0202.